The van der Waals surface area contributed by atoms with Crippen molar-refractivity contribution in [2.75, 3.05) is 0 Å². The van der Waals surface area contributed by atoms with Gasteiger partial charge in [0.2, 0.25) is 0 Å². The molecule has 3 saturated carbocycles. The van der Waals surface area contributed by atoms with E-state index in [1.54, 1.807) is 22.5 Å². The van der Waals surface area contributed by atoms with E-state index in [0.29, 0.717) is 0 Å². The molecule has 0 saturated heterocycles. The number of rotatable bonds is 6. The normalized spacial score (nSPS) is 21.7. The monoisotopic (exact) mass is 612 g/mol. The van der Waals surface area contributed by atoms with E-state index in [1.807, 2.05) is 0 Å². The molecule has 0 aliphatic heterocycles. The Bertz CT molecular complexity index is 472. The van der Waals surface area contributed by atoms with Crippen LogP contribution < -0.4 is 15.3 Å². The van der Waals surface area contributed by atoms with Crippen molar-refractivity contribution in [3.63, 3.8) is 0 Å². The molecule has 3 unspecified atom stereocenters. The second-order valence-electron chi connectivity index (χ2n) is 8.43. The molecule has 10 heteroatoms. The fraction of sp³-hybridized carbons (Fsp3) is 0.864. The van der Waals surface area contributed by atoms with Crippen LogP contribution in [0.4, 0.5) is 0 Å². The van der Waals surface area contributed by atoms with Gasteiger partial charge in [-0.3, -0.25) is 0 Å². The Labute approximate surface area is 222 Å². The number of carbonyl (C=O) groups excluding carboxylic acids is 3. The summed E-state index contributed by atoms with van der Waals surface area (Å²) in [7, 11) is 0. The van der Waals surface area contributed by atoms with Crippen molar-refractivity contribution < 1.29 is 29.7 Å². The van der Waals surface area contributed by atoms with Crippen LogP contribution in [0.15, 0.2) is 0 Å². The molecule has 6 nitrogen and oxygen atoms in total. The Morgan fingerprint density at radius 1 is 0.562 bits per heavy atom. The van der Waals surface area contributed by atoms with Crippen molar-refractivity contribution in [3.05, 3.63) is 0 Å². The molecule has 0 heterocycles. The van der Waals surface area contributed by atoms with E-state index in [9.17, 15) is 29.7 Å². The molecule has 0 radical (unpaired) electrons. The van der Waals surface area contributed by atoms with Gasteiger partial charge in [-0.1, -0.05) is 38.5 Å². The van der Waals surface area contributed by atoms with Crippen LogP contribution in [0, 0.1) is 17.8 Å². The fourth-order valence-electron chi connectivity index (χ4n) is 4.40. The van der Waals surface area contributed by atoms with Gasteiger partial charge in [0.25, 0.3) is 0 Å². The topological polar surface area (TPSA) is 120 Å². The third kappa shape index (κ3) is 12.6. The van der Waals surface area contributed by atoms with E-state index in [1.165, 1.54) is 0 Å². The van der Waals surface area contributed by atoms with Gasteiger partial charge in [0.05, 0.1) is 17.9 Å². The molecule has 3 aliphatic rings. The maximum absolute atomic E-state index is 10.3. The Kier molecular flexibility index (Phi) is 18.7. The van der Waals surface area contributed by atoms with Crippen LogP contribution in [-0.2, 0) is 14.4 Å². The Morgan fingerprint density at radius 2 is 0.719 bits per heavy atom. The summed E-state index contributed by atoms with van der Waals surface area (Å²) < 4.78 is 0. The summed E-state index contributed by atoms with van der Waals surface area (Å²) >= 11 is 13.4. The number of hydrogen-bond acceptors (Lipinski definition) is 9. The summed E-state index contributed by atoms with van der Waals surface area (Å²) in [6.07, 6.45) is 12.9. The molecule has 3 fully saturated rings. The predicted octanol–water partition coefficient (Wildman–Crippen LogP) is 0.878. The van der Waals surface area contributed by atoms with E-state index in [4.69, 9.17) is 0 Å². The van der Waals surface area contributed by atoms with E-state index < -0.39 is 33.7 Å². The minimum atomic E-state index is -1.02. The van der Waals surface area contributed by atoms with Gasteiger partial charge in [0.15, 0.2) is 0 Å². The van der Waals surface area contributed by atoms with Gasteiger partial charge in [-0.05, 0) is 56.3 Å². The quantitative estimate of drug-likeness (QED) is 0.303. The summed E-state index contributed by atoms with van der Waals surface area (Å²) in [6, 6.07) is 0. The standard InChI is InChI=1S/3C7H12O2S.CH3.Sn/c3*8-7(9)6(10)5-3-1-2-4-5;;/h3*5-6,10H,1-4H2,(H,8,9);1H3;/q;;;;+3/p-3. The second kappa shape index (κ2) is 18.6. The third-order valence-electron chi connectivity index (χ3n) is 6.26. The summed E-state index contributed by atoms with van der Waals surface area (Å²) in [5.41, 5.74) is 0. The molecule has 0 aromatic carbocycles. The third-order valence-corrected chi connectivity index (χ3v) is 8.16. The molecule has 0 spiro atoms. The first-order chi connectivity index (χ1) is 15.1. The molecule has 3 aliphatic carbocycles. The van der Waals surface area contributed by atoms with Crippen LogP contribution >= 0.6 is 37.9 Å². The van der Waals surface area contributed by atoms with Crippen LogP contribution in [0.1, 0.15) is 77.0 Å². The Balaban J connectivity index is 0.000000433. The molecule has 32 heavy (non-hydrogen) atoms. The van der Waals surface area contributed by atoms with Crippen LogP contribution in [0.2, 0.25) is 4.94 Å². The van der Waals surface area contributed by atoms with Crippen molar-refractivity contribution in [1.82, 2.24) is 0 Å². The molecule has 0 amide bonds. The van der Waals surface area contributed by atoms with Gasteiger partial charge < -0.3 is 29.7 Å². The average Bonchev–Trinajstić information content (AvgIpc) is 3.57. The van der Waals surface area contributed by atoms with Gasteiger partial charge in [-0.2, -0.15) is 37.9 Å². The van der Waals surface area contributed by atoms with Crippen LogP contribution in [0.3, 0.4) is 0 Å². The van der Waals surface area contributed by atoms with Gasteiger partial charge >= 0.3 is 27.5 Å². The van der Waals surface area contributed by atoms with E-state index in [-0.39, 0.29) is 17.8 Å². The van der Waals surface area contributed by atoms with Gasteiger partial charge in [0, 0.05) is 15.7 Å². The van der Waals surface area contributed by atoms with E-state index in [2.05, 4.69) is 42.8 Å². The van der Waals surface area contributed by atoms with E-state index >= 15 is 0 Å². The van der Waals surface area contributed by atoms with Crippen LogP contribution in [0.5, 0.6) is 0 Å². The van der Waals surface area contributed by atoms with Gasteiger partial charge in [-0.25, -0.2) is 0 Å². The molecular formula is C22H36O6S3Sn. The van der Waals surface area contributed by atoms with Crippen molar-refractivity contribution in [2.24, 2.45) is 17.8 Å². The number of carboxylic acid groups (broad SMARTS) is 3. The van der Waals surface area contributed by atoms with Crippen LogP contribution in [0.25, 0.3) is 0 Å². The average molecular weight is 611 g/mol. The zero-order chi connectivity index (χ0) is 24.7. The summed E-state index contributed by atoms with van der Waals surface area (Å²) in [5, 5.41) is 29.3. The number of hydrogen-bond donors (Lipinski definition) is 3. The van der Waals surface area contributed by atoms with Crippen molar-refractivity contribution in [3.8, 4) is 0 Å². The first-order valence-corrected chi connectivity index (χ1v) is 15.7. The molecule has 0 aromatic rings. The zero-order valence-electron chi connectivity index (χ0n) is 18.7. The first kappa shape index (κ1) is 32.3. The van der Waals surface area contributed by atoms with Gasteiger partial charge in [0.1, 0.15) is 0 Å². The number of carbonyl (C=O) groups is 3. The molecule has 3 atom stereocenters. The molecule has 3 rings (SSSR count). The molecule has 0 aromatic heterocycles. The predicted molar refractivity (Wildman–Crippen MR) is 131 cm³/mol. The number of carboxylic acids is 3. The summed E-state index contributed by atoms with van der Waals surface area (Å²) in [6.45, 7) is 0. The SMILES string of the molecule is O=C([O-])C(S)C1CCCC1.O=C([O-])C(S)C1CCCC1.O=C([O-])C(S)C1CCCC1.[CH3][Sn+3]. The van der Waals surface area contributed by atoms with Crippen molar-refractivity contribution in [1.29, 1.82) is 0 Å². The first-order valence-electron chi connectivity index (χ1n) is 11.3. The Morgan fingerprint density at radius 3 is 0.844 bits per heavy atom. The molecule has 182 valence electrons. The molecule has 0 bridgehead atoms. The van der Waals surface area contributed by atoms with E-state index in [0.717, 1.165) is 77.0 Å². The second-order valence-corrected chi connectivity index (χ2v) is 10.1. The van der Waals surface area contributed by atoms with Gasteiger partial charge in [-0.15, -0.1) is 0 Å². The molecule has 0 N–H and O–H groups in total. The maximum atomic E-state index is 10.3. The Hall–Kier alpha value is 0.259. The van der Waals surface area contributed by atoms with Crippen molar-refractivity contribution >= 4 is 78.3 Å². The molecular weight excluding hydrogens is 575 g/mol. The van der Waals surface area contributed by atoms with Crippen molar-refractivity contribution in [2.45, 2.75) is 97.7 Å². The number of aliphatic carboxylic acids is 3. The fourth-order valence-corrected chi connectivity index (χ4v) is 5.29. The number of thiol groups is 3. The summed E-state index contributed by atoms with van der Waals surface area (Å²) in [5.74, 6) is -2.28. The summed E-state index contributed by atoms with van der Waals surface area (Å²) in [4.78, 5) is 33.0. The van der Waals surface area contributed by atoms with Crippen LogP contribution in [-0.4, -0.2) is 56.2 Å². The minimum absolute atomic E-state index is 0.258. The zero-order valence-corrected chi connectivity index (χ0v) is 24.3.